The number of aryl methyl sites for hydroxylation is 1. The summed E-state index contributed by atoms with van der Waals surface area (Å²) < 4.78 is 1.05. The predicted octanol–water partition coefficient (Wildman–Crippen LogP) is 3.13. The Kier molecular flexibility index (Phi) is 6.22. The molecule has 0 bridgehead atoms. The van der Waals surface area contributed by atoms with Crippen LogP contribution in [0.5, 0.6) is 0 Å². The number of halogens is 1. The summed E-state index contributed by atoms with van der Waals surface area (Å²) in [6.07, 6.45) is 1.47. The Morgan fingerprint density at radius 2 is 1.95 bits per heavy atom. The SMILES string of the molecule is CC(=O)CCC(=O)N(C)CCc1cc(Br)ccc1C. The molecule has 1 rings (SSSR count). The topological polar surface area (TPSA) is 37.4 Å². The van der Waals surface area contributed by atoms with Crippen molar-refractivity contribution >= 4 is 27.6 Å². The second kappa shape index (κ2) is 7.43. The fraction of sp³-hybridized carbons (Fsp3) is 0.467. The summed E-state index contributed by atoms with van der Waals surface area (Å²) in [4.78, 5) is 24.3. The number of benzene rings is 1. The van der Waals surface area contributed by atoms with Crippen molar-refractivity contribution in [2.24, 2.45) is 0 Å². The van der Waals surface area contributed by atoms with E-state index in [0.717, 1.165) is 10.9 Å². The lowest BCUT2D eigenvalue weighted by Gasteiger charge is -2.17. The molecule has 3 nitrogen and oxygen atoms in total. The second-order valence-corrected chi connectivity index (χ2v) is 5.75. The normalized spacial score (nSPS) is 10.3. The number of Topliss-reactive ketones (excluding diaryl/α,β-unsaturated/α-hetero) is 1. The molecule has 0 aliphatic rings. The second-order valence-electron chi connectivity index (χ2n) is 4.84. The van der Waals surface area contributed by atoms with Gasteiger partial charge in [0.1, 0.15) is 5.78 Å². The smallest absolute Gasteiger partial charge is 0.222 e. The summed E-state index contributed by atoms with van der Waals surface area (Å²) in [6.45, 7) is 4.26. The van der Waals surface area contributed by atoms with Gasteiger partial charge in [0.25, 0.3) is 0 Å². The van der Waals surface area contributed by atoms with E-state index in [4.69, 9.17) is 0 Å². The van der Waals surface area contributed by atoms with Gasteiger partial charge in [0.05, 0.1) is 0 Å². The van der Waals surface area contributed by atoms with Crippen LogP contribution in [0.4, 0.5) is 0 Å². The predicted molar refractivity (Wildman–Crippen MR) is 80.1 cm³/mol. The number of likely N-dealkylation sites (N-methyl/N-ethyl adjacent to an activating group) is 1. The van der Waals surface area contributed by atoms with Gasteiger partial charge in [-0.15, -0.1) is 0 Å². The molecule has 0 aromatic heterocycles. The van der Waals surface area contributed by atoms with Gasteiger partial charge in [-0.2, -0.15) is 0 Å². The van der Waals surface area contributed by atoms with E-state index in [9.17, 15) is 9.59 Å². The maximum atomic E-state index is 11.8. The molecular weight excluding hydrogens is 306 g/mol. The molecule has 1 aromatic carbocycles. The molecule has 0 aliphatic carbocycles. The quantitative estimate of drug-likeness (QED) is 0.805. The standard InChI is InChI=1S/C15H20BrNO2/c1-11-4-6-14(16)10-13(11)8-9-17(3)15(19)7-5-12(2)18/h4,6,10H,5,7-9H2,1-3H3. The molecule has 0 fully saturated rings. The molecule has 0 saturated heterocycles. The van der Waals surface area contributed by atoms with Gasteiger partial charge in [0.2, 0.25) is 5.91 Å². The number of hydrogen-bond donors (Lipinski definition) is 0. The minimum atomic E-state index is 0.0304. The van der Waals surface area contributed by atoms with Gasteiger partial charge < -0.3 is 9.69 Å². The summed E-state index contributed by atoms with van der Waals surface area (Å²) in [5.41, 5.74) is 2.47. The highest BCUT2D eigenvalue weighted by atomic mass is 79.9. The zero-order valence-corrected chi connectivity index (χ0v) is 13.3. The third-order valence-electron chi connectivity index (χ3n) is 3.14. The minimum absolute atomic E-state index is 0.0304. The molecule has 0 heterocycles. The van der Waals surface area contributed by atoms with Gasteiger partial charge in [-0.05, 0) is 43.5 Å². The van der Waals surface area contributed by atoms with Crippen molar-refractivity contribution in [1.82, 2.24) is 4.90 Å². The van der Waals surface area contributed by atoms with Crippen molar-refractivity contribution in [2.45, 2.75) is 33.1 Å². The first-order chi connectivity index (χ1) is 8.90. The van der Waals surface area contributed by atoms with Gasteiger partial charge >= 0.3 is 0 Å². The van der Waals surface area contributed by atoms with Crippen LogP contribution in [0.1, 0.15) is 30.9 Å². The van der Waals surface area contributed by atoms with E-state index in [1.54, 1.807) is 11.9 Å². The molecule has 0 spiro atoms. The first-order valence-corrected chi connectivity index (χ1v) is 7.18. The highest BCUT2D eigenvalue weighted by molar-refractivity contribution is 9.10. The third-order valence-corrected chi connectivity index (χ3v) is 3.64. The molecule has 1 aromatic rings. The zero-order valence-electron chi connectivity index (χ0n) is 11.7. The molecule has 104 valence electrons. The highest BCUT2D eigenvalue weighted by Gasteiger charge is 2.10. The minimum Gasteiger partial charge on any atom is -0.345 e. The van der Waals surface area contributed by atoms with Crippen molar-refractivity contribution in [1.29, 1.82) is 0 Å². The largest absolute Gasteiger partial charge is 0.345 e. The van der Waals surface area contributed by atoms with E-state index >= 15 is 0 Å². The number of amides is 1. The van der Waals surface area contributed by atoms with Crippen molar-refractivity contribution < 1.29 is 9.59 Å². The first kappa shape index (κ1) is 15.9. The zero-order chi connectivity index (χ0) is 14.4. The van der Waals surface area contributed by atoms with E-state index in [-0.39, 0.29) is 11.7 Å². The fourth-order valence-corrected chi connectivity index (χ4v) is 2.20. The Balaban J connectivity index is 2.49. The lowest BCUT2D eigenvalue weighted by Crippen LogP contribution is -2.29. The summed E-state index contributed by atoms with van der Waals surface area (Å²) in [5.74, 6) is 0.0902. The fourth-order valence-electron chi connectivity index (χ4n) is 1.80. The van der Waals surface area contributed by atoms with Crippen LogP contribution >= 0.6 is 15.9 Å². The molecule has 0 saturated carbocycles. The molecule has 4 heteroatoms. The Bertz CT molecular complexity index is 471. The number of ketones is 1. The molecule has 0 atom stereocenters. The molecule has 0 radical (unpaired) electrons. The Hall–Kier alpha value is -1.16. The monoisotopic (exact) mass is 325 g/mol. The average molecular weight is 326 g/mol. The van der Waals surface area contributed by atoms with Gasteiger partial charge in [0, 0.05) is 30.9 Å². The maximum absolute atomic E-state index is 11.8. The van der Waals surface area contributed by atoms with Crippen LogP contribution in [0, 0.1) is 6.92 Å². The Morgan fingerprint density at radius 3 is 2.58 bits per heavy atom. The van der Waals surface area contributed by atoms with Crippen molar-refractivity contribution in [2.75, 3.05) is 13.6 Å². The number of hydrogen-bond acceptors (Lipinski definition) is 2. The number of carbonyl (C=O) groups excluding carboxylic acids is 2. The Morgan fingerprint density at radius 1 is 1.26 bits per heavy atom. The van der Waals surface area contributed by atoms with E-state index in [0.29, 0.717) is 19.4 Å². The summed E-state index contributed by atoms with van der Waals surface area (Å²) in [5, 5.41) is 0. The molecule has 0 unspecified atom stereocenters. The van der Waals surface area contributed by atoms with Crippen molar-refractivity contribution in [3.63, 3.8) is 0 Å². The van der Waals surface area contributed by atoms with Crippen LogP contribution in [0.3, 0.4) is 0 Å². The number of nitrogens with zero attached hydrogens (tertiary/aromatic N) is 1. The highest BCUT2D eigenvalue weighted by Crippen LogP contribution is 2.16. The average Bonchev–Trinajstić information content (AvgIpc) is 2.36. The van der Waals surface area contributed by atoms with Crippen molar-refractivity contribution in [3.8, 4) is 0 Å². The number of rotatable bonds is 6. The van der Waals surface area contributed by atoms with Crippen LogP contribution in [0.15, 0.2) is 22.7 Å². The molecular formula is C15H20BrNO2. The first-order valence-electron chi connectivity index (χ1n) is 6.38. The van der Waals surface area contributed by atoms with Crippen LogP contribution in [0.2, 0.25) is 0 Å². The maximum Gasteiger partial charge on any atom is 0.222 e. The van der Waals surface area contributed by atoms with Gasteiger partial charge in [-0.3, -0.25) is 4.79 Å². The summed E-state index contributed by atoms with van der Waals surface area (Å²) >= 11 is 3.46. The van der Waals surface area contributed by atoms with Crippen LogP contribution in [0.25, 0.3) is 0 Å². The van der Waals surface area contributed by atoms with E-state index < -0.39 is 0 Å². The molecule has 1 amide bonds. The molecule has 19 heavy (non-hydrogen) atoms. The van der Waals surface area contributed by atoms with Gasteiger partial charge in [0.15, 0.2) is 0 Å². The lowest BCUT2D eigenvalue weighted by atomic mass is 10.1. The van der Waals surface area contributed by atoms with E-state index in [2.05, 4.69) is 35.0 Å². The summed E-state index contributed by atoms with van der Waals surface area (Å²) in [6, 6.07) is 6.17. The number of carbonyl (C=O) groups is 2. The van der Waals surface area contributed by atoms with Gasteiger partial charge in [-0.1, -0.05) is 22.0 Å². The molecule has 0 N–H and O–H groups in total. The lowest BCUT2D eigenvalue weighted by molar-refractivity contribution is -0.131. The third kappa shape index (κ3) is 5.55. The summed E-state index contributed by atoms with van der Waals surface area (Å²) in [7, 11) is 1.79. The Labute approximate surface area is 123 Å². The molecule has 0 aliphatic heterocycles. The van der Waals surface area contributed by atoms with Crippen molar-refractivity contribution in [3.05, 3.63) is 33.8 Å². The van der Waals surface area contributed by atoms with Gasteiger partial charge in [-0.25, -0.2) is 0 Å². The van der Waals surface area contributed by atoms with Crippen LogP contribution < -0.4 is 0 Å². The van der Waals surface area contributed by atoms with E-state index in [1.165, 1.54) is 18.1 Å². The van der Waals surface area contributed by atoms with Crippen LogP contribution in [-0.2, 0) is 16.0 Å². The van der Waals surface area contributed by atoms with E-state index in [1.807, 2.05) is 6.07 Å². The van der Waals surface area contributed by atoms with Crippen LogP contribution in [-0.4, -0.2) is 30.2 Å².